The highest BCUT2D eigenvalue weighted by molar-refractivity contribution is 6.17. The molecule has 0 aliphatic rings. The van der Waals surface area contributed by atoms with E-state index >= 15 is 0 Å². The highest BCUT2D eigenvalue weighted by Gasteiger charge is 2.25. The summed E-state index contributed by atoms with van der Waals surface area (Å²) < 4.78 is 0. The normalized spacial score (nSPS) is 11.8. The Balaban J connectivity index is 1.93. The summed E-state index contributed by atoms with van der Waals surface area (Å²) in [6, 6.07) is 23.1. The Labute approximate surface area is 172 Å². The number of aryl methyl sites for hydroxylation is 1. The lowest BCUT2D eigenvalue weighted by Gasteiger charge is -2.14. The number of hydrogen-bond acceptors (Lipinski definition) is 3. The number of carbonyl (C=O) groups excluding carboxylic acids is 2. The minimum absolute atomic E-state index is 0.179. The zero-order valence-corrected chi connectivity index (χ0v) is 16.7. The van der Waals surface area contributed by atoms with Crippen molar-refractivity contribution in [1.82, 2.24) is 0 Å². The molecule has 3 nitrogen and oxygen atoms in total. The van der Waals surface area contributed by atoms with Gasteiger partial charge in [-0.1, -0.05) is 98.6 Å². The summed E-state index contributed by atoms with van der Waals surface area (Å²) in [6.07, 6.45) is 2.78. The lowest BCUT2D eigenvalue weighted by molar-refractivity contribution is 0.0744. The summed E-state index contributed by atoms with van der Waals surface area (Å²) in [7, 11) is 0. The summed E-state index contributed by atoms with van der Waals surface area (Å²) in [6.45, 7) is 2.15. The first kappa shape index (κ1) is 20.7. The maximum absolute atomic E-state index is 13.4. The monoisotopic (exact) mass is 386 g/mol. The van der Waals surface area contributed by atoms with Crippen molar-refractivity contribution in [3.8, 4) is 0 Å². The van der Waals surface area contributed by atoms with Crippen molar-refractivity contribution in [2.24, 2.45) is 0 Å². The second-order valence-electron chi connectivity index (χ2n) is 7.17. The molecule has 0 aliphatic carbocycles. The number of ketones is 2. The van der Waals surface area contributed by atoms with Gasteiger partial charge < -0.3 is 5.11 Å². The summed E-state index contributed by atoms with van der Waals surface area (Å²) >= 11 is 0. The molecule has 1 atom stereocenters. The van der Waals surface area contributed by atoms with Crippen LogP contribution in [0, 0.1) is 0 Å². The van der Waals surface area contributed by atoms with Crippen molar-refractivity contribution < 1.29 is 14.7 Å². The Hall–Kier alpha value is -3.04. The highest BCUT2D eigenvalue weighted by atomic mass is 16.3. The molecule has 0 aromatic heterocycles. The average molecular weight is 386 g/mol. The van der Waals surface area contributed by atoms with E-state index in [-0.39, 0.29) is 11.3 Å². The van der Waals surface area contributed by atoms with E-state index in [1.807, 2.05) is 30.3 Å². The van der Waals surface area contributed by atoms with Crippen LogP contribution in [0.15, 0.2) is 78.9 Å². The number of unbranched alkanes of at least 4 members (excludes halogenated alkanes) is 2. The maximum atomic E-state index is 13.4. The average Bonchev–Trinajstić information content (AvgIpc) is 2.78. The van der Waals surface area contributed by atoms with Gasteiger partial charge in [0.2, 0.25) is 0 Å². The number of carbonyl (C=O) groups is 2. The zero-order chi connectivity index (χ0) is 20.6. The van der Waals surface area contributed by atoms with E-state index in [4.69, 9.17) is 0 Å². The van der Waals surface area contributed by atoms with Crippen molar-refractivity contribution in [1.29, 1.82) is 0 Å². The Kier molecular flexibility index (Phi) is 7.09. The van der Waals surface area contributed by atoms with Crippen LogP contribution in [0.3, 0.4) is 0 Å². The molecule has 0 fully saturated rings. The van der Waals surface area contributed by atoms with Gasteiger partial charge in [0, 0.05) is 16.7 Å². The Morgan fingerprint density at radius 3 is 2.03 bits per heavy atom. The van der Waals surface area contributed by atoms with Crippen LogP contribution in [0.4, 0.5) is 0 Å². The molecule has 0 amide bonds. The predicted molar refractivity (Wildman–Crippen MR) is 115 cm³/mol. The summed E-state index contributed by atoms with van der Waals surface area (Å²) in [5, 5.41) is 10.6. The van der Waals surface area contributed by atoms with Gasteiger partial charge in [-0.05, 0) is 24.0 Å². The van der Waals surface area contributed by atoms with Crippen LogP contribution in [0.25, 0.3) is 0 Å². The summed E-state index contributed by atoms with van der Waals surface area (Å²) in [5.41, 5.74) is 2.71. The van der Waals surface area contributed by atoms with Crippen LogP contribution in [0.5, 0.6) is 0 Å². The lowest BCUT2D eigenvalue weighted by atomic mass is 9.90. The lowest BCUT2D eigenvalue weighted by Crippen LogP contribution is -2.17. The molecule has 29 heavy (non-hydrogen) atoms. The van der Waals surface area contributed by atoms with Gasteiger partial charge in [0.15, 0.2) is 11.6 Å². The molecule has 1 N–H and O–H groups in total. The van der Waals surface area contributed by atoms with Crippen molar-refractivity contribution in [3.05, 3.63) is 107 Å². The fourth-order valence-corrected chi connectivity index (χ4v) is 3.50. The van der Waals surface area contributed by atoms with E-state index < -0.39 is 11.9 Å². The molecule has 3 rings (SSSR count). The van der Waals surface area contributed by atoms with Crippen molar-refractivity contribution in [2.75, 3.05) is 0 Å². The standard InChI is InChI=1S/C26H26O3/c1-2-3-5-12-19-13-8-9-16-21(19)25(28)22-17-10-11-18-23(22)26(29)24(27)20-14-6-4-7-15-20/h4,6-11,13-18,24,27H,2-3,5,12H2,1H3. The van der Waals surface area contributed by atoms with E-state index in [9.17, 15) is 14.7 Å². The first-order valence-electron chi connectivity index (χ1n) is 10.1. The fourth-order valence-electron chi connectivity index (χ4n) is 3.50. The Morgan fingerprint density at radius 2 is 1.34 bits per heavy atom. The van der Waals surface area contributed by atoms with E-state index in [1.54, 1.807) is 48.5 Å². The molecule has 0 bridgehead atoms. The van der Waals surface area contributed by atoms with E-state index in [0.29, 0.717) is 16.7 Å². The molecule has 0 saturated carbocycles. The van der Waals surface area contributed by atoms with Gasteiger partial charge in [-0.15, -0.1) is 0 Å². The topological polar surface area (TPSA) is 54.4 Å². The third-order valence-corrected chi connectivity index (χ3v) is 5.11. The predicted octanol–water partition coefficient (Wildman–Crippen LogP) is 5.57. The van der Waals surface area contributed by atoms with Gasteiger partial charge in [0.05, 0.1) is 0 Å². The van der Waals surface area contributed by atoms with Crippen LogP contribution in [0.2, 0.25) is 0 Å². The smallest absolute Gasteiger partial charge is 0.196 e. The molecule has 0 spiro atoms. The first-order chi connectivity index (χ1) is 14.1. The number of benzene rings is 3. The van der Waals surface area contributed by atoms with Gasteiger partial charge >= 0.3 is 0 Å². The van der Waals surface area contributed by atoms with Gasteiger partial charge in [0.25, 0.3) is 0 Å². The van der Waals surface area contributed by atoms with Crippen molar-refractivity contribution >= 4 is 11.6 Å². The second kappa shape index (κ2) is 9.94. The molecule has 3 heteroatoms. The molecule has 0 saturated heterocycles. The molecule has 3 aromatic carbocycles. The molecule has 148 valence electrons. The minimum atomic E-state index is -1.30. The minimum Gasteiger partial charge on any atom is -0.380 e. The van der Waals surface area contributed by atoms with Gasteiger partial charge in [-0.2, -0.15) is 0 Å². The molecule has 0 radical (unpaired) electrons. The van der Waals surface area contributed by atoms with Gasteiger partial charge in [-0.3, -0.25) is 9.59 Å². The number of rotatable bonds is 9. The van der Waals surface area contributed by atoms with Crippen molar-refractivity contribution in [2.45, 2.75) is 38.7 Å². The third-order valence-electron chi connectivity index (χ3n) is 5.11. The van der Waals surface area contributed by atoms with Gasteiger partial charge in [0.1, 0.15) is 6.10 Å². The quantitative estimate of drug-likeness (QED) is 0.386. The van der Waals surface area contributed by atoms with Crippen LogP contribution >= 0.6 is 0 Å². The second-order valence-corrected chi connectivity index (χ2v) is 7.17. The largest absolute Gasteiger partial charge is 0.380 e. The van der Waals surface area contributed by atoms with E-state index in [0.717, 1.165) is 31.2 Å². The first-order valence-corrected chi connectivity index (χ1v) is 10.1. The number of hydrogen-bond donors (Lipinski definition) is 1. The molecule has 0 aliphatic heterocycles. The number of aliphatic hydroxyl groups is 1. The van der Waals surface area contributed by atoms with Crippen LogP contribution in [-0.4, -0.2) is 16.7 Å². The highest BCUT2D eigenvalue weighted by Crippen LogP contribution is 2.24. The summed E-state index contributed by atoms with van der Waals surface area (Å²) in [5.74, 6) is -0.648. The van der Waals surface area contributed by atoms with Crippen LogP contribution in [-0.2, 0) is 6.42 Å². The number of Topliss-reactive ketones (excluding diaryl/α,β-unsaturated/α-hetero) is 1. The van der Waals surface area contributed by atoms with Crippen LogP contribution in [0.1, 0.15) is 69.7 Å². The van der Waals surface area contributed by atoms with E-state index in [1.165, 1.54) is 0 Å². The molecule has 3 aromatic rings. The van der Waals surface area contributed by atoms with Gasteiger partial charge in [-0.25, -0.2) is 0 Å². The maximum Gasteiger partial charge on any atom is 0.196 e. The molecular formula is C26H26O3. The van der Waals surface area contributed by atoms with Crippen molar-refractivity contribution in [3.63, 3.8) is 0 Å². The molecule has 0 heterocycles. The number of aliphatic hydroxyl groups excluding tert-OH is 1. The third kappa shape index (κ3) is 4.87. The van der Waals surface area contributed by atoms with Crippen LogP contribution < -0.4 is 0 Å². The Bertz CT molecular complexity index is 976. The molecular weight excluding hydrogens is 360 g/mol. The Morgan fingerprint density at radius 1 is 0.759 bits per heavy atom. The zero-order valence-electron chi connectivity index (χ0n) is 16.7. The summed E-state index contributed by atoms with van der Waals surface area (Å²) in [4.78, 5) is 26.3. The fraction of sp³-hybridized carbons (Fsp3) is 0.231. The SMILES string of the molecule is CCCCCc1ccccc1C(=O)c1ccccc1C(=O)C(O)c1ccccc1. The molecule has 1 unspecified atom stereocenters. The van der Waals surface area contributed by atoms with E-state index in [2.05, 4.69) is 6.92 Å².